The highest BCUT2D eigenvalue weighted by Gasteiger charge is 2.14. The Hall–Kier alpha value is -0.920. The van der Waals surface area contributed by atoms with Crippen LogP contribution in [0.25, 0.3) is 0 Å². The fourth-order valence-corrected chi connectivity index (χ4v) is 2.66. The molecule has 1 aliphatic heterocycles. The number of aromatic nitrogens is 1. The van der Waals surface area contributed by atoms with Crippen LogP contribution in [0.15, 0.2) is 0 Å². The summed E-state index contributed by atoms with van der Waals surface area (Å²) in [5.41, 5.74) is 0.881. The molecule has 74 valence electrons. The van der Waals surface area contributed by atoms with Crippen molar-refractivity contribution in [2.24, 2.45) is 0 Å². The lowest BCUT2D eigenvalue weighted by atomic mass is 10.4. The van der Waals surface area contributed by atoms with Crippen LogP contribution < -0.4 is 0 Å². The van der Waals surface area contributed by atoms with E-state index in [4.69, 9.17) is 5.26 Å². The zero-order chi connectivity index (χ0) is 9.97. The van der Waals surface area contributed by atoms with Crippen molar-refractivity contribution in [1.82, 2.24) is 9.88 Å². The molecule has 1 aromatic heterocycles. The summed E-state index contributed by atoms with van der Waals surface area (Å²) in [6.45, 7) is 5.19. The van der Waals surface area contributed by atoms with Crippen molar-refractivity contribution in [3.8, 4) is 6.07 Å². The zero-order valence-electron chi connectivity index (χ0n) is 8.29. The molecule has 1 saturated heterocycles. The molecule has 0 atom stereocenters. The molecule has 3 nitrogen and oxygen atoms in total. The molecule has 1 fully saturated rings. The van der Waals surface area contributed by atoms with E-state index in [-0.39, 0.29) is 0 Å². The van der Waals surface area contributed by atoms with Gasteiger partial charge in [-0.1, -0.05) is 0 Å². The first-order valence-electron chi connectivity index (χ1n) is 4.88. The highest BCUT2D eigenvalue weighted by molar-refractivity contribution is 7.12. The van der Waals surface area contributed by atoms with Gasteiger partial charge in [0, 0.05) is 0 Å². The molecule has 0 N–H and O–H groups in total. The second-order valence-electron chi connectivity index (χ2n) is 3.62. The number of hydrogen-bond acceptors (Lipinski definition) is 4. The summed E-state index contributed by atoms with van der Waals surface area (Å²) < 4.78 is 0. The summed E-state index contributed by atoms with van der Waals surface area (Å²) in [5.74, 6) is 0. The van der Waals surface area contributed by atoms with Gasteiger partial charge < -0.3 is 0 Å². The lowest BCUT2D eigenvalue weighted by Gasteiger charge is -2.11. The monoisotopic (exact) mass is 207 g/mol. The van der Waals surface area contributed by atoms with Gasteiger partial charge in [0.25, 0.3) is 0 Å². The zero-order valence-corrected chi connectivity index (χ0v) is 9.10. The number of likely N-dealkylation sites (tertiary alicyclic amines) is 1. The first-order chi connectivity index (χ1) is 6.79. The Balaban J connectivity index is 2.06. The van der Waals surface area contributed by atoms with Crippen molar-refractivity contribution >= 4 is 11.3 Å². The minimum atomic E-state index is 0.763. The largest absolute Gasteiger partial charge is 0.297 e. The predicted octanol–water partition coefficient (Wildman–Crippen LogP) is 1.92. The van der Waals surface area contributed by atoms with E-state index in [1.165, 1.54) is 37.3 Å². The molecule has 0 saturated carbocycles. The Morgan fingerprint density at radius 2 is 2.21 bits per heavy atom. The number of nitriles is 1. The van der Waals surface area contributed by atoms with Gasteiger partial charge in [0.2, 0.25) is 0 Å². The van der Waals surface area contributed by atoms with Gasteiger partial charge >= 0.3 is 0 Å². The van der Waals surface area contributed by atoms with Gasteiger partial charge in [-0.25, -0.2) is 4.98 Å². The van der Waals surface area contributed by atoms with Crippen molar-refractivity contribution < 1.29 is 0 Å². The maximum absolute atomic E-state index is 8.80. The van der Waals surface area contributed by atoms with Crippen molar-refractivity contribution in [3.63, 3.8) is 0 Å². The van der Waals surface area contributed by atoms with Gasteiger partial charge in [0.1, 0.15) is 16.0 Å². The normalized spacial score (nSPS) is 17.1. The van der Waals surface area contributed by atoms with E-state index in [1.807, 2.05) is 6.92 Å². The first-order valence-corrected chi connectivity index (χ1v) is 5.70. The highest BCUT2D eigenvalue weighted by Crippen LogP contribution is 2.20. The molecule has 2 rings (SSSR count). The van der Waals surface area contributed by atoms with Crippen LogP contribution >= 0.6 is 11.3 Å². The van der Waals surface area contributed by atoms with Crippen molar-refractivity contribution in [3.05, 3.63) is 15.6 Å². The van der Waals surface area contributed by atoms with Crippen LogP contribution in [0, 0.1) is 18.3 Å². The van der Waals surface area contributed by atoms with Gasteiger partial charge in [0.15, 0.2) is 0 Å². The lowest BCUT2D eigenvalue weighted by Crippen LogP contribution is -2.18. The highest BCUT2D eigenvalue weighted by atomic mass is 32.1. The van der Waals surface area contributed by atoms with Crippen LogP contribution in [0.4, 0.5) is 0 Å². The quantitative estimate of drug-likeness (QED) is 0.743. The lowest BCUT2D eigenvalue weighted by molar-refractivity contribution is 0.330. The summed E-state index contributed by atoms with van der Waals surface area (Å²) in [5, 5.41) is 9.88. The Labute approximate surface area is 88.0 Å². The molecule has 0 radical (unpaired) electrons. The number of hydrogen-bond donors (Lipinski definition) is 0. The molecule has 0 unspecified atom stereocenters. The summed E-state index contributed by atoms with van der Waals surface area (Å²) >= 11 is 1.53. The fraction of sp³-hybridized carbons (Fsp3) is 0.600. The Bertz CT molecular complexity index is 358. The molecule has 0 amide bonds. The van der Waals surface area contributed by atoms with E-state index in [1.54, 1.807) is 0 Å². The second-order valence-corrected chi connectivity index (χ2v) is 4.70. The summed E-state index contributed by atoms with van der Waals surface area (Å²) in [7, 11) is 0. The minimum absolute atomic E-state index is 0.763. The van der Waals surface area contributed by atoms with E-state index in [0.717, 1.165) is 22.1 Å². The van der Waals surface area contributed by atoms with Crippen LogP contribution in [-0.2, 0) is 6.54 Å². The topological polar surface area (TPSA) is 39.9 Å². The van der Waals surface area contributed by atoms with Crippen LogP contribution in [0.3, 0.4) is 0 Å². The molecule has 14 heavy (non-hydrogen) atoms. The summed E-state index contributed by atoms with van der Waals surface area (Å²) in [4.78, 5) is 7.56. The molecule has 0 aliphatic carbocycles. The fourth-order valence-electron chi connectivity index (χ4n) is 1.76. The standard InChI is InChI=1S/C10H13N3S/c1-8-9(6-11)14-10(12-8)7-13-4-2-3-5-13/h2-5,7H2,1H3. The maximum atomic E-state index is 8.80. The Morgan fingerprint density at radius 1 is 1.50 bits per heavy atom. The number of nitrogens with zero attached hydrogens (tertiary/aromatic N) is 3. The minimum Gasteiger partial charge on any atom is -0.297 e. The second kappa shape index (κ2) is 4.07. The van der Waals surface area contributed by atoms with E-state index >= 15 is 0 Å². The number of aryl methyl sites for hydroxylation is 1. The van der Waals surface area contributed by atoms with Gasteiger partial charge in [-0.3, -0.25) is 4.90 Å². The molecule has 0 spiro atoms. The van der Waals surface area contributed by atoms with Gasteiger partial charge in [0.05, 0.1) is 12.2 Å². The van der Waals surface area contributed by atoms with Crippen molar-refractivity contribution in [2.45, 2.75) is 26.3 Å². The summed E-state index contributed by atoms with van der Waals surface area (Å²) in [6.07, 6.45) is 2.60. The van der Waals surface area contributed by atoms with E-state index in [0.29, 0.717) is 0 Å². The molecule has 0 bridgehead atoms. The van der Waals surface area contributed by atoms with E-state index < -0.39 is 0 Å². The SMILES string of the molecule is Cc1nc(CN2CCCC2)sc1C#N. The Morgan fingerprint density at radius 3 is 2.79 bits per heavy atom. The third kappa shape index (κ3) is 1.94. The van der Waals surface area contributed by atoms with E-state index in [2.05, 4.69) is 16.0 Å². The van der Waals surface area contributed by atoms with Crippen LogP contribution in [0.1, 0.15) is 28.4 Å². The average Bonchev–Trinajstić information content (AvgIpc) is 2.76. The smallest absolute Gasteiger partial charge is 0.127 e. The predicted molar refractivity (Wildman–Crippen MR) is 56.1 cm³/mol. The number of rotatable bonds is 2. The van der Waals surface area contributed by atoms with Crippen LogP contribution in [-0.4, -0.2) is 23.0 Å². The van der Waals surface area contributed by atoms with E-state index in [9.17, 15) is 0 Å². The van der Waals surface area contributed by atoms with Crippen molar-refractivity contribution in [2.75, 3.05) is 13.1 Å². The van der Waals surface area contributed by atoms with Gasteiger partial charge in [-0.05, 0) is 32.9 Å². The van der Waals surface area contributed by atoms with Gasteiger partial charge in [-0.2, -0.15) is 5.26 Å². The average molecular weight is 207 g/mol. The molecule has 2 heterocycles. The first kappa shape index (κ1) is 9.63. The van der Waals surface area contributed by atoms with Crippen molar-refractivity contribution in [1.29, 1.82) is 5.26 Å². The third-order valence-electron chi connectivity index (χ3n) is 2.50. The molecular weight excluding hydrogens is 194 g/mol. The van der Waals surface area contributed by atoms with Crippen LogP contribution in [0.5, 0.6) is 0 Å². The third-order valence-corrected chi connectivity index (χ3v) is 3.55. The molecule has 1 aliphatic rings. The maximum Gasteiger partial charge on any atom is 0.127 e. The summed E-state index contributed by atoms with van der Waals surface area (Å²) in [6, 6.07) is 2.18. The van der Waals surface area contributed by atoms with Gasteiger partial charge in [-0.15, -0.1) is 11.3 Å². The molecule has 1 aromatic rings. The number of thiazole rings is 1. The molecule has 4 heteroatoms. The van der Waals surface area contributed by atoms with Crippen LogP contribution in [0.2, 0.25) is 0 Å². The molecule has 0 aromatic carbocycles. The molecular formula is C10H13N3S. The Kier molecular flexibility index (Phi) is 2.80.